The molecular weight excluding hydrogens is 446 g/mol. The number of rotatable bonds is 7. The van der Waals surface area contributed by atoms with Gasteiger partial charge >= 0.3 is 12.3 Å². The van der Waals surface area contributed by atoms with E-state index in [0.717, 1.165) is 13.0 Å². The van der Waals surface area contributed by atoms with E-state index in [1.54, 1.807) is 0 Å². The number of nitrogens with zero attached hydrogens (tertiary/aromatic N) is 1. The Kier molecular flexibility index (Phi) is 7.06. The van der Waals surface area contributed by atoms with Crippen molar-refractivity contribution < 1.29 is 42.1 Å². The molecule has 0 amide bonds. The van der Waals surface area contributed by atoms with Crippen LogP contribution >= 0.6 is 23.2 Å². The molecule has 1 aromatic carbocycles. The first-order valence-corrected chi connectivity index (χ1v) is 8.76. The van der Waals surface area contributed by atoms with Gasteiger partial charge in [-0.25, -0.2) is 4.79 Å². The second-order valence-electron chi connectivity index (χ2n) is 5.80. The van der Waals surface area contributed by atoms with Gasteiger partial charge in [-0.15, -0.1) is 10.1 Å². The van der Waals surface area contributed by atoms with E-state index in [2.05, 4.69) is 9.57 Å². The van der Waals surface area contributed by atoms with Crippen molar-refractivity contribution in [3.8, 4) is 5.75 Å². The van der Waals surface area contributed by atoms with E-state index in [-0.39, 0.29) is 41.0 Å². The number of hydrogen-bond donors (Lipinski definition) is 0. The number of carbonyl (C=O) groups is 1. The van der Waals surface area contributed by atoms with E-state index in [0.29, 0.717) is 6.08 Å². The molecule has 0 N–H and O–H groups in total. The van der Waals surface area contributed by atoms with Crippen molar-refractivity contribution in [1.29, 1.82) is 0 Å². The quantitative estimate of drug-likeness (QED) is 0.249. The summed E-state index contributed by atoms with van der Waals surface area (Å²) in [6, 6.07) is 2.58. The lowest BCUT2D eigenvalue weighted by Crippen LogP contribution is -2.58. The molecule has 29 heavy (non-hydrogen) atoms. The third kappa shape index (κ3) is 5.36. The first-order chi connectivity index (χ1) is 13.5. The Morgan fingerprint density at radius 3 is 2.66 bits per heavy atom. The predicted molar refractivity (Wildman–Crippen MR) is 94.4 cm³/mol. The molecular formula is C16H14Cl2F3NO7. The van der Waals surface area contributed by atoms with E-state index in [9.17, 15) is 28.1 Å². The van der Waals surface area contributed by atoms with Crippen molar-refractivity contribution in [1.82, 2.24) is 0 Å². The smallest absolute Gasteiger partial charge is 0.467 e. The monoisotopic (exact) mass is 459 g/mol. The Morgan fingerprint density at radius 1 is 1.34 bits per heavy atom. The van der Waals surface area contributed by atoms with Crippen molar-refractivity contribution >= 4 is 35.4 Å². The van der Waals surface area contributed by atoms with E-state index < -0.39 is 29.1 Å². The molecule has 160 valence electrons. The largest absolute Gasteiger partial charge is 0.508 e. The molecule has 1 aliphatic rings. The lowest BCUT2D eigenvalue weighted by molar-refractivity contribution is -0.757. The highest BCUT2D eigenvalue weighted by atomic mass is 35.5. The van der Waals surface area contributed by atoms with Gasteiger partial charge in [0.1, 0.15) is 5.75 Å². The fourth-order valence-electron chi connectivity index (χ4n) is 2.45. The summed E-state index contributed by atoms with van der Waals surface area (Å²) in [4.78, 5) is 25.7. The molecule has 2 rings (SSSR count). The van der Waals surface area contributed by atoms with Crippen LogP contribution in [0.2, 0.25) is 10.0 Å². The van der Waals surface area contributed by atoms with Crippen molar-refractivity contribution in [2.24, 2.45) is 0 Å². The van der Waals surface area contributed by atoms with E-state index >= 15 is 0 Å². The first kappa shape index (κ1) is 22.9. The number of ether oxygens (including phenoxy) is 3. The highest BCUT2D eigenvalue weighted by Crippen LogP contribution is 2.47. The maximum absolute atomic E-state index is 13.9. The Morgan fingerprint density at radius 2 is 2.03 bits per heavy atom. The number of hydrogen-bond acceptors (Lipinski definition) is 7. The van der Waals surface area contributed by atoms with Crippen molar-refractivity contribution in [2.45, 2.75) is 31.2 Å². The molecule has 2 atom stereocenters. The second kappa shape index (κ2) is 8.95. The zero-order valence-corrected chi connectivity index (χ0v) is 16.2. The topological polar surface area (TPSA) is 97.1 Å². The normalized spacial score (nSPS) is 19.0. The lowest BCUT2D eigenvalue weighted by Gasteiger charge is -2.39. The molecule has 1 aliphatic heterocycles. The van der Waals surface area contributed by atoms with Crippen molar-refractivity contribution in [3.05, 3.63) is 43.9 Å². The number of alkyl halides is 3. The summed E-state index contributed by atoms with van der Waals surface area (Å²) < 4.78 is 56.1. The predicted octanol–water partition coefficient (Wildman–Crippen LogP) is 4.84. The average Bonchev–Trinajstić information content (AvgIpc) is 2.59. The van der Waals surface area contributed by atoms with E-state index in [1.165, 1.54) is 12.1 Å². The molecule has 1 unspecified atom stereocenters. The summed E-state index contributed by atoms with van der Waals surface area (Å²) in [6.45, 7) is 0.262. The fraction of sp³-hybridized carbons (Fsp3) is 0.438. The number of carbonyl (C=O) groups excluding carboxylic acids is 1. The van der Waals surface area contributed by atoms with Gasteiger partial charge in [0, 0.05) is 17.0 Å². The highest BCUT2D eigenvalue weighted by molar-refractivity contribution is 6.36. The maximum Gasteiger partial charge on any atom is 0.508 e. The minimum atomic E-state index is -4.98. The highest BCUT2D eigenvalue weighted by Gasteiger charge is 2.62. The van der Waals surface area contributed by atoms with E-state index in [4.69, 9.17) is 32.7 Å². The van der Waals surface area contributed by atoms with Crippen LogP contribution in [0.4, 0.5) is 18.0 Å². The Hall–Kier alpha value is -2.40. The van der Waals surface area contributed by atoms with Gasteiger partial charge in [-0.3, -0.25) is 0 Å². The second-order valence-corrected chi connectivity index (χ2v) is 6.64. The van der Waals surface area contributed by atoms with Gasteiger partial charge in [0.2, 0.25) is 0 Å². The third-order valence-electron chi connectivity index (χ3n) is 3.84. The fourth-order valence-corrected chi connectivity index (χ4v) is 3.00. The summed E-state index contributed by atoms with van der Waals surface area (Å²) in [5, 5.41) is 9.01. The minimum absolute atomic E-state index is 0.0605. The number of benzene rings is 1. The molecule has 0 saturated carbocycles. The van der Waals surface area contributed by atoms with Crippen LogP contribution in [0.25, 0.3) is 6.08 Å². The minimum Gasteiger partial charge on any atom is -0.467 e. The first-order valence-electron chi connectivity index (χ1n) is 8.01. The Balaban J connectivity index is 2.11. The Labute approximate surface area is 172 Å². The van der Waals surface area contributed by atoms with Crippen LogP contribution in [0.15, 0.2) is 18.2 Å². The van der Waals surface area contributed by atoms with Crippen LogP contribution in [-0.2, 0) is 14.3 Å². The summed E-state index contributed by atoms with van der Waals surface area (Å²) in [5.74, 6) is -0.267. The standard InChI is InChI=1S/C16H14Cl2F3NO7/c1-9(28-14(23)26-5-2-6-27-22(24)25)15(16(19,20)21)4-3-10-7-11(17)8-12(18)13(10)29-15/h3-4,7-9H,2,5-6H2,1H3/t9?,15-/m0/s1. The molecule has 0 aliphatic carbocycles. The van der Waals surface area contributed by atoms with E-state index in [1.807, 2.05) is 0 Å². The van der Waals surface area contributed by atoms with Gasteiger partial charge in [-0.05, 0) is 25.1 Å². The molecule has 13 heteroatoms. The van der Waals surface area contributed by atoms with Crippen LogP contribution in [-0.4, -0.2) is 42.3 Å². The van der Waals surface area contributed by atoms with Gasteiger partial charge in [-0.1, -0.05) is 29.3 Å². The molecule has 0 aromatic heterocycles. The summed E-state index contributed by atoms with van der Waals surface area (Å²) in [6.07, 6.45) is -6.50. The summed E-state index contributed by atoms with van der Waals surface area (Å²) in [7, 11) is 0. The molecule has 1 heterocycles. The van der Waals surface area contributed by atoms with Crippen LogP contribution < -0.4 is 4.74 Å². The lowest BCUT2D eigenvalue weighted by atomic mass is 9.92. The number of fused-ring (bicyclic) bond motifs is 1. The number of halogens is 5. The third-order valence-corrected chi connectivity index (χ3v) is 4.34. The molecule has 0 saturated heterocycles. The van der Waals surface area contributed by atoms with Gasteiger partial charge in [-0.2, -0.15) is 13.2 Å². The maximum atomic E-state index is 13.9. The van der Waals surface area contributed by atoms with Gasteiger partial charge < -0.3 is 19.0 Å². The molecule has 0 bridgehead atoms. The van der Waals surface area contributed by atoms with Crippen LogP contribution in [0, 0.1) is 10.1 Å². The van der Waals surface area contributed by atoms with Crippen LogP contribution in [0.3, 0.4) is 0 Å². The zero-order chi connectivity index (χ0) is 21.8. The van der Waals surface area contributed by atoms with Crippen LogP contribution in [0.5, 0.6) is 5.75 Å². The molecule has 1 aromatic rings. The average molecular weight is 460 g/mol. The molecule has 0 radical (unpaired) electrons. The zero-order valence-electron chi connectivity index (χ0n) is 14.7. The molecule has 8 nitrogen and oxygen atoms in total. The van der Waals surface area contributed by atoms with Crippen molar-refractivity contribution in [2.75, 3.05) is 13.2 Å². The van der Waals surface area contributed by atoms with Gasteiger partial charge in [0.05, 0.1) is 18.2 Å². The molecule has 0 spiro atoms. The van der Waals surface area contributed by atoms with Gasteiger partial charge in [0.15, 0.2) is 6.10 Å². The van der Waals surface area contributed by atoms with Crippen molar-refractivity contribution in [3.63, 3.8) is 0 Å². The molecule has 0 fully saturated rings. The van der Waals surface area contributed by atoms with Crippen LogP contribution in [0.1, 0.15) is 18.9 Å². The summed E-state index contributed by atoms with van der Waals surface area (Å²) in [5.41, 5.74) is -2.80. The SMILES string of the molecule is CC(OC(=O)OCCCO[N+](=O)[O-])[C@]1(C(F)(F)F)C=Cc2cc(Cl)cc(Cl)c2O1. The summed E-state index contributed by atoms with van der Waals surface area (Å²) >= 11 is 11.8. The van der Waals surface area contributed by atoms with Gasteiger partial charge in [0.25, 0.3) is 10.7 Å². The Bertz CT molecular complexity index is 818.